The quantitative estimate of drug-likeness (QED) is 0.577. The fourth-order valence-corrected chi connectivity index (χ4v) is 1.39. The van der Waals surface area contributed by atoms with E-state index in [1.807, 2.05) is 6.07 Å². The third-order valence-corrected chi connectivity index (χ3v) is 1.97. The van der Waals surface area contributed by atoms with Gasteiger partial charge in [0.2, 0.25) is 5.91 Å². The van der Waals surface area contributed by atoms with Gasteiger partial charge in [-0.1, -0.05) is 24.3 Å². The summed E-state index contributed by atoms with van der Waals surface area (Å²) in [4.78, 5) is 10.9. The molecule has 0 aliphatic carbocycles. The molecule has 0 radical (unpaired) electrons. The summed E-state index contributed by atoms with van der Waals surface area (Å²) in [7, 11) is 0. The van der Waals surface area contributed by atoms with Gasteiger partial charge in [-0.2, -0.15) is 0 Å². The van der Waals surface area contributed by atoms with Gasteiger partial charge in [0.15, 0.2) is 6.30 Å². The Hall–Kier alpha value is -1.38. The summed E-state index contributed by atoms with van der Waals surface area (Å²) >= 11 is 0. The topological polar surface area (TPSA) is 29.1 Å². The molecule has 1 N–H and O–H groups in total. The van der Waals surface area contributed by atoms with Gasteiger partial charge in [0.1, 0.15) is 0 Å². The number of amides is 1. The van der Waals surface area contributed by atoms with Crippen LogP contribution in [0.4, 0.5) is 4.39 Å². The van der Waals surface area contributed by atoms with E-state index in [0.29, 0.717) is 5.56 Å². The molecule has 1 aliphatic heterocycles. The summed E-state index contributed by atoms with van der Waals surface area (Å²) in [5.74, 6) is -0.249. The fraction of sp³-hybridized carbons (Fsp3) is 0.222. The first-order valence-corrected chi connectivity index (χ1v) is 3.78. The molecule has 1 aromatic rings. The fourth-order valence-electron chi connectivity index (χ4n) is 1.39. The van der Waals surface area contributed by atoms with Crippen LogP contribution in [-0.2, 0) is 11.2 Å². The second-order valence-electron chi connectivity index (χ2n) is 2.81. The highest BCUT2D eigenvalue weighted by atomic mass is 19.1. The Morgan fingerprint density at radius 3 is 3.00 bits per heavy atom. The molecule has 1 heterocycles. The molecule has 1 amide bonds. The average molecular weight is 165 g/mol. The van der Waals surface area contributed by atoms with E-state index in [0.717, 1.165) is 5.56 Å². The molecule has 0 fully saturated rings. The monoisotopic (exact) mass is 165 g/mol. The van der Waals surface area contributed by atoms with Crippen molar-refractivity contribution in [1.29, 1.82) is 0 Å². The molecule has 0 saturated carbocycles. The Morgan fingerprint density at radius 1 is 1.42 bits per heavy atom. The Labute approximate surface area is 69.4 Å². The first-order valence-electron chi connectivity index (χ1n) is 3.78. The molecule has 3 heteroatoms. The molecule has 0 aromatic heterocycles. The minimum absolute atomic E-state index is 0.249. The van der Waals surface area contributed by atoms with Gasteiger partial charge in [-0.05, 0) is 5.56 Å². The number of nitrogens with one attached hydrogen (secondary N) is 1. The number of benzene rings is 1. The van der Waals surface area contributed by atoms with Crippen LogP contribution in [0.15, 0.2) is 24.3 Å². The maximum Gasteiger partial charge on any atom is 0.226 e. The smallest absolute Gasteiger partial charge is 0.226 e. The predicted octanol–water partition coefficient (Wildman–Crippen LogP) is 1.33. The third-order valence-electron chi connectivity index (χ3n) is 1.97. The summed E-state index contributed by atoms with van der Waals surface area (Å²) in [6, 6.07) is 7.05. The zero-order valence-electron chi connectivity index (χ0n) is 6.38. The summed E-state index contributed by atoms with van der Waals surface area (Å²) in [5.41, 5.74) is 1.37. The maximum atomic E-state index is 13.1. The first kappa shape index (κ1) is 7.28. The van der Waals surface area contributed by atoms with Crippen LogP contribution in [-0.4, -0.2) is 5.91 Å². The van der Waals surface area contributed by atoms with E-state index in [1.54, 1.807) is 18.2 Å². The molecule has 0 bridgehead atoms. The van der Waals surface area contributed by atoms with Crippen LogP contribution in [0.1, 0.15) is 17.4 Å². The van der Waals surface area contributed by atoms with Crippen molar-refractivity contribution in [3.05, 3.63) is 35.4 Å². The highest BCUT2D eigenvalue weighted by Crippen LogP contribution is 2.23. The molecule has 12 heavy (non-hydrogen) atoms. The molecule has 2 rings (SSSR count). The van der Waals surface area contributed by atoms with Crippen molar-refractivity contribution >= 4 is 5.91 Å². The van der Waals surface area contributed by atoms with Gasteiger partial charge in [-0.15, -0.1) is 0 Å². The second kappa shape index (κ2) is 2.59. The van der Waals surface area contributed by atoms with Gasteiger partial charge in [0.25, 0.3) is 0 Å². The molecular formula is C9H8FNO. The Kier molecular flexibility index (Phi) is 1.57. The molecular weight excluding hydrogens is 157 g/mol. The van der Waals surface area contributed by atoms with Crippen LogP contribution in [0.5, 0.6) is 0 Å². The van der Waals surface area contributed by atoms with Gasteiger partial charge in [-0.3, -0.25) is 4.79 Å². The summed E-state index contributed by atoms with van der Waals surface area (Å²) in [5, 5.41) is 2.23. The lowest BCUT2D eigenvalue weighted by Crippen LogP contribution is -2.32. The van der Waals surface area contributed by atoms with E-state index < -0.39 is 6.30 Å². The number of hydrogen-bond donors (Lipinski definition) is 1. The highest BCUT2D eigenvalue weighted by molar-refractivity contribution is 5.81. The number of carbonyl (C=O) groups excluding carboxylic acids is 1. The Bertz CT molecular complexity index is 324. The van der Waals surface area contributed by atoms with Gasteiger partial charge < -0.3 is 5.32 Å². The molecule has 1 atom stereocenters. The number of hydrogen-bond acceptors (Lipinski definition) is 1. The lowest BCUT2D eigenvalue weighted by atomic mass is 10.0. The van der Waals surface area contributed by atoms with Crippen molar-refractivity contribution in [2.24, 2.45) is 0 Å². The minimum Gasteiger partial charge on any atom is -0.322 e. The van der Waals surface area contributed by atoms with Crippen LogP contribution >= 0.6 is 0 Å². The SMILES string of the molecule is O=C1Cc2ccccc2C(F)N1. The highest BCUT2D eigenvalue weighted by Gasteiger charge is 2.22. The standard InChI is InChI=1S/C9H8FNO/c10-9-7-4-2-1-3-6(7)5-8(12)11-9/h1-4,9H,5H2,(H,11,12). The van der Waals surface area contributed by atoms with Crippen LogP contribution in [0.2, 0.25) is 0 Å². The lowest BCUT2D eigenvalue weighted by molar-refractivity contribution is -0.123. The largest absolute Gasteiger partial charge is 0.322 e. The van der Waals surface area contributed by atoms with Gasteiger partial charge in [0.05, 0.1) is 6.42 Å². The number of rotatable bonds is 0. The van der Waals surface area contributed by atoms with E-state index in [4.69, 9.17) is 0 Å². The van der Waals surface area contributed by atoms with Gasteiger partial charge >= 0.3 is 0 Å². The number of fused-ring (bicyclic) bond motifs is 1. The molecule has 0 spiro atoms. The van der Waals surface area contributed by atoms with Crippen molar-refractivity contribution in [2.45, 2.75) is 12.7 Å². The van der Waals surface area contributed by atoms with Crippen molar-refractivity contribution in [1.82, 2.24) is 5.32 Å². The van der Waals surface area contributed by atoms with Crippen LogP contribution in [0.3, 0.4) is 0 Å². The summed E-state index contributed by atoms with van der Waals surface area (Å²) in [6.07, 6.45) is -1.04. The van der Waals surface area contributed by atoms with Crippen molar-refractivity contribution in [3.63, 3.8) is 0 Å². The van der Waals surface area contributed by atoms with E-state index in [1.165, 1.54) is 0 Å². The molecule has 1 aliphatic rings. The Morgan fingerprint density at radius 2 is 2.17 bits per heavy atom. The third kappa shape index (κ3) is 1.07. The zero-order valence-corrected chi connectivity index (χ0v) is 6.38. The number of halogens is 1. The van der Waals surface area contributed by atoms with Crippen molar-refractivity contribution < 1.29 is 9.18 Å². The van der Waals surface area contributed by atoms with Crippen molar-refractivity contribution in [3.8, 4) is 0 Å². The number of carbonyl (C=O) groups is 1. The molecule has 1 unspecified atom stereocenters. The minimum atomic E-state index is -1.33. The van der Waals surface area contributed by atoms with Crippen LogP contribution in [0, 0.1) is 0 Å². The van der Waals surface area contributed by atoms with Crippen molar-refractivity contribution in [2.75, 3.05) is 0 Å². The van der Waals surface area contributed by atoms with E-state index in [2.05, 4.69) is 5.32 Å². The van der Waals surface area contributed by atoms with Gasteiger partial charge in [-0.25, -0.2) is 4.39 Å². The van der Waals surface area contributed by atoms with E-state index >= 15 is 0 Å². The lowest BCUT2D eigenvalue weighted by Gasteiger charge is -2.19. The predicted molar refractivity (Wildman–Crippen MR) is 42.1 cm³/mol. The maximum absolute atomic E-state index is 13.1. The summed E-state index contributed by atoms with van der Waals surface area (Å²) in [6.45, 7) is 0. The van der Waals surface area contributed by atoms with Gasteiger partial charge in [0, 0.05) is 5.56 Å². The van der Waals surface area contributed by atoms with Crippen LogP contribution in [0.25, 0.3) is 0 Å². The van der Waals surface area contributed by atoms with E-state index in [-0.39, 0.29) is 12.3 Å². The second-order valence-corrected chi connectivity index (χ2v) is 2.81. The Balaban J connectivity index is 2.47. The molecule has 0 saturated heterocycles. The first-order chi connectivity index (χ1) is 5.77. The zero-order chi connectivity index (χ0) is 8.55. The van der Waals surface area contributed by atoms with E-state index in [9.17, 15) is 9.18 Å². The average Bonchev–Trinajstić information content (AvgIpc) is 2.04. The molecule has 1 aromatic carbocycles. The summed E-state index contributed by atoms with van der Waals surface area (Å²) < 4.78 is 13.1. The normalized spacial score (nSPS) is 21.4. The molecule has 62 valence electrons. The van der Waals surface area contributed by atoms with Crippen LogP contribution < -0.4 is 5.32 Å². The number of alkyl halides is 1. The molecule has 2 nitrogen and oxygen atoms in total.